The van der Waals surface area contributed by atoms with E-state index >= 15 is 0 Å². The average molecular weight is 1130 g/mol. The molecule has 34 heteroatoms. The normalized spacial score (nSPS) is 55.4. The van der Waals surface area contributed by atoms with E-state index in [9.17, 15) is 102 Å². The van der Waals surface area contributed by atoms with Crippen molar-refractivity contribution in [1.29, 1.82) is 0 Å². The van der Waals surface area contributed by atoms with Gasteiger partial charge in [0.05, 0.1) is 45.7 Å². The molecule has 448 valence electrons. The third-order valence-electron chi connectivity index (χ3n) is 15.0. The number of ether oxygens (including phenoxy) is 14. The highest BCUT2D eigenvalue weighted by atomic mass is 16.8. The number of rotatable bonds is 7. The van der Waals surface area contributed by atoms with Crippen molar-refractivity contribution in [1.82, 2.24) is 0 Å². The molecule has 0 radical (unpaired) electrons. The van der Waals surface area contributed by atoms with Crippen molar-refractivity contribution in [3.05, 3.63) is 0 Å². The van der Waals surface area contributed by atoms with Gasteiger partial charge in [0.1, 0.15) is 165 Å². The maximum absolute atomic E-state index is 11.4. The summed E-state index contributed by atoms with van der Waals surface area (Å²) in [5, 5.41) is 221. The van der Waals surface area contributed by atoms with Crippen LogP contribution in [-0.2, 0) is 66.3 Å². The molecule has 35 atom stereocenters. The van der Waals surface area contributed by atoms with Crippen molar-refractivity contribution in [2.24, 2.45) is 0 Å². The highest BCUT2D eigenvalue weighted by molar-refractivity contribution is 5.01. The molecule has 21 aliphatic heterocycles. The van der Waals surface area contributed by atoms with Gasteiger partial charge in [-0.2, -0.15) is 0 Å². The Kier molecular flexibility index (Phi) is 20.9. The number of aliphatic hydroxyl groups is 20. The Morgan fingerprint density at radius 3 is 0.455 bits per heavy atom. The summed E-state index contributed by atoms with van der Waals surface area (Å²) in [6, 6.07) is 0. The Bertz CT molecular complexity index is 1470. The highest BCUT2D eigenvalue weighted by Gasteiger charge is 2.59. The molecular weight excluding hydrogens is 1060 g/mol. The lowest BCUT2D eigenvalue weighted by Crippen LogP contribution is -2.68. The molecule has 21 heterocycles. The summed E-state index contributed by atoms with van der Waals surface area (Å²) in [6.07, 6.45) is -68.1. The fourth-order valence-corrected chi connectivity index (χ4v) is 10.6. The summed E-state index contributed by atoms with van der Waals surface area (Å²) in [5.74, 6) is 0. The van der Waals surface area contributed by atoms with Crippen LogP contribution in [0.4, 0.5) is 0 Å². The molecule has 0 amide bonds. The number of hydrogen-bond acceptors (Lipinski definition) is 34. The standard InChI is InChI=1S/C43H72O34/c1-2-9-30-16(50)23(57)37(64-9)72-31-10(3-44)66-39(25(59)18(31)52)74-33-12(5-46)68-41(27(61)20(33)54)76-35-14(7-48)70-43(29(63)22(35)56)77-36-15(8-49)69-42(28(62)21(36)55)75-34-13(6-47)67-40(26(60)19(34)53)73-32-11(4-45)65-38(71-30)24(58)17(32)51/h9-63H,2-8H2,1H3/t9?,10?,11?,12?,13?,14?,15?,16?,17?,18?,19?,20?,21?,22?,23?,24?,25?,26?,27?,28?,29?,30-,31-,32-,33-,34-,35-,36-,37+,38+,39+,40-,41-,42-,43-/m1/s1. The Balaban J connectivity index is 1.08. The average Bonchev–Trinajstić information content (AvgIpc) is 3.47. The summed E-state index contributed by atoms with van der Waals surface area (Å²) in [5.41, 5.74) is 0. The summed E-state index contributed by atoms with van der Waals surface area (Å²) in [4.78, 5) is 0. The van der Waals surface area contributed by atoms with Gasteiger partial charge in [-0.1, -0.05) is 6.92 Å². The van der Waals surface area contributed by atoms with Gasteiger partial charge in [0, 0.05) is 0 Å². The first kappa shape index (κ1) is 61.7. The van der Waals surface area contributed by atoms with Crippen molar-refractivity contribution >= 4 is 0 Å². The lowest BCUT2D eigenvalue weighted by molar-refractivity contribution is -0.396. The lowest BCUT2D eigenvalue weighted by atomic mass is 9.94. The van der Waals surface area contributed by atoms with Crippen molar-refractivity contribution in [2.75, 3.05) is 39.6 Å². The molecular formula is C43H72O34. The maximum atomic E-state index is 11.4. The van der Waals surface area contributed by atoms with Gasteiger partial charge >= 0.3 is 0 Å². The first-order chi connectivity index (χ1) is 36.7. The summed E-state index contributed by atoms with van der Waals surface area (Å²) in [7, 11) is 0. The minimum atomic E-state index is -2.20. The topological polar surface area (TPSA) is 534 Å². The van der Waals surface area contributed by atoms with Crippen LogP contribution < -0.4 is 0 Å². The molecule has 21 aliphatic rings. The maximum Gasteiger partial charge on any atom is 0.187 e. The van der Waals surface area contributed by atoms with E-state index in [1.165, 1.54) is 6.92 Å². The molecule has 0 aromatic rings. The van der Waals surface area contributed by atoms with E-state index in [1.54, 1.807) is 0 Å². The van der Waals surface area contributed by atoms with E-state index in [4.69, 9.17) is 66.3 Å². The zero-order chi connectivity index (χ0) is 56.1. The molecule has 0 saturated carbocycles. The van der Waals surface area contributed by atoms with E-state index in [1.807, 2.05) is 0 Å². The minimum absolute atomic E-state index is 0.0468. The van der Waals surface area contributed by atoms with Crippen molar-refractivity contribution in [3.8, 4) is 0 Å². The highest BCUT2D eigenvalue weighted by Crippen LogP contribution is 2.39. The summed E-state index contributed by atoms with van der Waals surface area (Å²) < 4.78 is 80.3. The lowest BCUT2D eigenvalue weighted by Gasteiger charge is -2.50. The first-order valence-corrected chi connectivity index (χ1v) is 25.0. The van der Waals surface area contributed by atoms with Gasteiger partial charge in [0.2, 0.25) is 0 Å². The van der Waals surface area contributed by atoms with Gasteiger partial charge in [-0.3, -0.25) is 0 Å². The Morgan fingerprint density at radius 2 is 0.325 bits per heavy atom. The second kappa shape index (κ2) is 26.1. The van der Waals surface area contributed by atoms with Crippen molar-refractivity contribution in [3.63, 3.8) is 0 Å². The zero-order valence-corrected chi connectivity index (χ0v) is 40.8. The molecule has 0 aromatic heterocycles. The van der Waals surface area contributed by atoms with Crippen molar-refractivity contribution in [2.45, 2.75) is 228 Å². The smallest absolute Gasteiger partial charge is 0.187 e. The van der Waals surface area contributed by atoms with Crippen LogP contribution in [0.5, 0.6) is 0 Å². The van der Waals surface area contributed by atoms with E-state index in [0.717, 1.165) is 0 Å². The van der Waals surface area contributed by atoms with Crippen LogP contribution in [0.15, 0.2) is 0 Å². The molecule has 20 N–H and O–H groups in total. The van der Waals surface area contributed by atoms with Crippen LogP contribution in [0, 0.1) is 0 Å². The molecule has 77 heavy (non-hydrogen) atoms. The predicted molar refractivity (Wildman–Crippen MR) is 232 cm³/mol. The molecule has 21 fully saturated rings. The quantitative estimate of drug-likeness (QED) is 0.113. The van der Waals surface area contributed by atoms with Gasteiger partial charge in [-0.15, -0.1) is 0 Å². The summed E-state index contributed by atoms with van der Waals surface area (Å²) in [6.45, 7) is -4.59. The van der Waals surface area contributed by atoms with Gasteiger partial charge in [0.15, 0.2) is 44.0 Å². The predicted octanol–water partition coefficient (Wildman–Crippen LogP) is -13.8. The van der Waals surface area contributed by atoms with Crippen LogP contribution in [0.25, 0.3) is 0 Å². The fraction of sp³-hybridized carbons (Fsp3) is 1.00. The monoisotopic (exact) mass is 1130 g/mol. The van der Waals surface area contributed by atoms with Crippen LogP contribution in [0.2, 0.25) is 0 Å². The van der Waals surface area contributed by atoms with E-state index in [2.05, 4.69) is 0 Å². The zero-order valence-electron chi connectivity index (χ0n) is 40.8. The van der Waals surface area contributed by atoms with Gasteiger partial charge in [-0.25, -0.2) is 0 Å². The third kappa shape index (κ3) is 12.1. The Hall–Kier alpha value is -1.36. The fourth-order valence-electron chi connectivity index (χ4n) is 10.6. The second-order valence-electron chi connectivity index (χ2n) is 19.9. The second-order valence-corrected chi connectivity index (χ2v) is 19.9. The molecule has 34 nitrogen and oxygen atoms in total. The molecule has 0 aliphatic carbocycles. The SMILES string of the molecule is CCC1O[C@H]2O[C@@H]3C(CO)O[C@@H](O[C@@H]4C(CO)O[C@H](O[C@@H]5C(CO)O[C@H](O[C@@H]6C(CO)O[C@H](O[C@@H]7C(CO)O[C@H](O[C@@H]8C(CO)O[C@@H](O[C@H]1C(O)C2O)C(O)C8O)C(O)C7O)C(O)C6O)C(O)C5O)C(O)C4O)C(O)C3O. The molecule has 0 spiro atoms. The van der Waals surface area contributed by atoms with E-state index in [0.29, 0.717) is 0 Å². The molecule has 21 rings (SSSR count). The third-order valence-corrected chi connectivity index (χ3v) is 15.0. The van der Waals surface area contributed by atoms with Gasteiger partial charge < -0.3 is 168 Å². The van der Waals surface area contributed by atoms with Crippen LogP contribution in [-0.4, -0.2) is 357 Å². The molecule has 21 unspecified atom stereocenters. The van der Waals surface area contributed by atoms with Crippen LogP contribution in [0.3, 0.4) is 0 Å². The van der Waals surface area contributed by atoms with Gasteiger partial charge in [-0.05, 0) is 6.42 Å². The molecule has 0 aromatic carbocycles. The minimum Gasteiger partial charge on any atom is -0.394 e. The Labute approximate surface area is 435 Å². The van der Waals surface area contributed by atoms with Crippen molar-refractivity contribution < 1.29 is 168 Å². The number of aliphatic hydroxyl groups excluding tert-OH is 20. The van der Waals surface area contributed by atoms with Crippen LogP contribution >= 0.6 is 0 Å². The van der Waals surface area contributed by atoms with Crippen LogP contribution in [0.1, 0.15) is 13.3 Å². The molecule has 14 bridgehead atoms. The Morgan fingerprint density at radius 1 is 0.195 bits per heavy atom. The first-order valence-electron chi connectivity index (χ1n) is 25.0. The molecule has 21 saturated heterocycles. The largest absolute Gasteiger partial charge is 0.394 e. The van der Waals surface area contributed by atoms with E-state index < -0.39 is 255 Å². The number of hydrogen-bond donors (Lipinski definition) is 20. The van der Waals surface area contributed by atoms with Gasteiger partial charge in [0.25, 0.3) is 0 Å². The van der Waals surface area contributed by atoms with E-state index in [-0.39, 0.29) is 6.42 Å². The summed E-state index contributed by atoms with van der Waals surface area (Å²) >= 11 is 0.